The molecule has 156 valence electrons. The van der Waals surface area contributed by atoms with E-state index in [-0.39, 0.29) is 36.9 Å². The number of rotatable bonds is 5. The van der Waals surface area contributed by atoms with Crippen LogP contribution in [0.3, 0.4) is 0 Å². The molecule has 0 atom stereocenters. The Morgan fingerprint density at radius 1 is 0.867 bits per heavy atom. The van der Waals surface area contributed by atoms with Crippen molar-refractivity contribution in [3.63, 3.8) is 0 Å². The summed E-state index contributed by atoms with van der Waals surface area (Å²) in [5, 5.41) is 1.41. The molecule has 0 N–H and O–H groups in total. The van der Waals surface area contributed by atoms with E-state index in [0.717, 1.165) is 10.9 Å². The van der Waals surface area contributed by atoms with E-state index in [4.69, 9.17) is 0 Å². The molecule has 8 heteroatoms. The van der Waals surface area contributed by atoms with Crippen molar-refractivity contribution in [1.82, 2.24) is 13.8 Å². The summed E-state index contributed by atoms with van der Waals surface area (Å²) >= 11 is 0. The number of fused-ring (bicyclic) bond motifs is 1. The number of amides is 1. The van der Waals surface area contributed by atoms with Gasteiger partial charge in [0.05, 0.1) is 5.75 Å². The molecule has 0 unspecified atom stereocenters. The number of benzene rings is 2. The molecule has 4 rings (SSSR count). The number of aromatic nitrogens is 1. The lowest BCUT2D eigenvalue weighted by atomic mass is 10.2. The average molecular weight is 426 g/mol. The molecule has 30 heavy (non-hydrogen) atoms. The molecule has 3 aromatic rings. The van der Waals surface area contributed by atoms with E-state index >= 15 is 0 Å². The fourth-order valence-electron chi connectivity index (χ4n) is 3.69. The van der Waals surface area contributed by atoms with Crippen LogP contribution < -0.4 is 5.56 Å². The molecular formula is C22H23N3O4S. The highest BCUT2D eigenvalue weighted by atomic mass is 32.2. The number of carbonyl (C=O) groups is 1. The first kappa shape index (κ1) is 20.3. The van der Waals surface area contributed by atoms with Gasteiger partial charge in [-0.2, -0.15) is 4.31 Å². The van der Waals surface area contributed by atoms with Crippen LogP contribution in [0.5, 0.6) is 0 Å². The van der Waals surface area contributed by atoms with Crippen molar-refractivity contribution < 1.29 is 13.2 Å². The molecule has 0 radical (unpaired) electrons. The molecule has 1 aliphatic rings. The molecular weight excluding hydrogens is 402 g/mol. The van der Waals surface area contributed by atoms with Crippen LogP contribution in [0.1, 0.15) is 5.56 Å². The quantitative estimate of drug-likeness (QED) is 0.623. The zero-order valence-electron chi connectivity index (χ0n) is 16.5. The van der Waals surface area contributed by atoms with E-state index in [9.17, 15) is 18.0 Å². The lowest BCUT2D eigenvalue weighted by molar-refractivity contribution is -0.133. The fourth-order valence-corrected chi connectivity index (χ4v) is 5.21. The van der Waals surface area contributed by atoms with E-state index < -0.39 is 10.0 Å². The van der Waals surface area contributed by atoms with Crippen LogP contribution in [0.25, 0.3) is 10.8 Å². The summed E-state index contributed by atoms with van der Waals surface area (Å²) < 4.78 is 28.2. The van der Waals surface area contributed by atoms with Crippen LogP contribution in [-0.4, -0.2) is 54.3 Å². The highest BCUT2D eigenvalue weighted by Crippen LogP contribution is 2.14. The Bertz CT molecular complexity index is 1210. The summed E-state index contributed by atoms with van der Waals surface area (Å²) in [7, 11) is -3.44. The second-order valence-corrected chi connectivity index (χ2v) is 9.33. The summed E-state index contributed by atoms with van der Waals surface area (Å²) in [5.41, 5.74) is 0.539. The van der Waals surface area contributed by atoms with Crippen LogP contribution in [0.4, 0.5) is 0 Å². The fraction of sp³-hybridized carbons (Fsp3) is 0.273. The normalized spacial score (nSPS) is 15.4. The standard InChI is InChI=1S/C22H23N3O4S/c26-21(16-24-11-10-19-8-4-5-9-20(19)22(24)27)23-12-14-25(15-13-23)30(28,29)17-18-6-2-1-3-7-18/h1-11H,12-17H2. The van der Waals surface area contributed by atoms with Crippen molar-refractivity contribution in [2.75, 3.05) is 26.2 Å². The van der Waals surface area contributed by atoms with E-state index in [2.05, 4.69) is 0 Å². The van der Waals surface area contributed by atoms with Crippen molar-refractivity contribution >= 4 is 26.7 Å². The minimum atomic E-state index is -3.44. The van der Waals surface area contributed by atoms with E-state index in [0.29, 0.717) is 18.5 Å². The van der Waals surface area contributed by atoms with Gasteiger partial charge in [0.25, 0.3) is 5.56 Å². The third-order valence-corrected chi connectivity index (χ3v) is 7.22. The molecule has 2 heterocycles. The molecule has 0 bridgehead atoms. The largest absolute Gasteiger partial charge is 0.339 e. The smallest absolute Gasteiger partial charge is 0.258 e. The second kappa shape index (κ2) is 8.41. The van der Waals surface area contributed by atoms with Crippen molar-refractivity contribution in [3.8, 4) is 0 Å². The van der Waals surface area contributed by atoms with Crippen LogP contribution in [0.15, 0.2) is 71.7 Å². The van der Waals surface area contributed by atoms with Gasteiger partial charge >= 0.3 is 0 Å². The van der Waals surface area contributed by atoms with E-state index in [1.807, 2.05) is 36.4 Å². The highest BCUT2D eigenvalue weighted by molar-refractivity contribution is 7.88. The molecule has 2 aromatic carbocycles. The summed E-state index contributed by atoms with van der Waals surface area (Å²) in [5.74, 6) is -0.235. The molecule has 0 spiro atoms. The predicted octanol–water partition coefficient (Wildman–Crippen LogP) is 1.68. The van der Waals surface area contributed by atoms with Gasteiger partial charge in [-0.25, -0.2) is 8.42 Å². The second-order valence-electron chi connectivity index (χ2n) is 7.36. The van der Waals surface area contributed by atoms with Gasteiger partial charge in [-0.3, -0.25) is 9.59 Å². The van der Waals surface area contributed by atoms with Crippen LogP contribution in [-0.2, 0) is 27.1 Å². The van der Waals surface area contributed by atoms with Gasteiger partial charge in [-0.15, -0.1) is 0 Å². The Labute approximate surface area is 175 Å². The number of nitrogens with zero attached hydrogens (tertiary/aromatic N) is 3. The summed E-state index contributed by atoms with van der Waals surface area (Å²) in [6.45, 7) is 1.09. The maximum atomic E-state index is 12.7. The van der Waals surface area contributed by atoms with Crippen molar-refractivity contribution in [3.05, 3.63) is 82.8 Å². The molecule has 0 aliphatic carbocycles. The first-order chi connectivity index (χ1) is 14.4. The van der Waals surface area contributed by atoms with Crippen molar-refractivity contribution in [1.29, 1.82) is 0 Å². The van der Waals surface area contributed by atoms with Gasteiger partial charge in [0.1, 0.15) is 6.54 Å². The molecule has 1 aromatic heterocycles. The van der Waals surface area contributed by atoms with Gasteiger partial charge in [0.15, 0.2) is 0 Å². The predicted molar refractivity (Wildman–Crippen MR) is 115 cm³/mol. The third kappa shape index (κ3) is 4.29. The van der Waals surface area contributed by atoms with Crippen molar-refractivity contribution in [2.45, 2.75) is 12.3 Å². The molecule has 0 saturated carbocycles. The number of hydrogen-bond donors (Lipinski definition) is 0. The lowest BCUT2D eigenvalue weighted by Gasteiger charge is -2.34. The van der Waals surface area contributed by atoms with Gasteiger partial charge < -0.3 is 9.47 Å². The third-order valence-electron chi connectivity index (χ3n) is 5.37. The first-order valence-corrected chi connectivity index (χ1v) is 11.4. The maximum Gasteiger partial charge on any atom is 0.258 e. The van der Waals surface area contributed by atoms with Crippen LogP contribution >= 0.6 is 0 Å². The monoisotopic (exact) mass is 425 g/mol. The number of hydrogen-bond acceptors (Lipinski definition) is 4. The molecule has 7 nitrogen and oxygen atoms in total. The lowest BCUT2D eigenvalue weighted by Crippen LogP contribution is -2.51. The Morgan fingerprint density at radius 3 is 2.27 bits per heavy atom. The molecule has 1 saturated heterocycles. The average Bonchev–Trinajstić information content (AvgIpc) is 2.76. The minimum absolute atomic E-state index is 0.0474. The number of pyridine rings is 1. The molecule has 1 aliphatic heterocycles. The Kier molecular flexibility index (Phi) is 5.69. The van der Waals surface area contributed by atoms with Gasteiger partial charge in [-0.1, -0.05) is 48.5 Å². The van der Waals surface area contributed by atoms with Crippen LogP contribution in [0, 0.1) is 0 Å². The first-order valence-electron chi connectivity index (χ1n) is 9.82. The van der Waals surface area contributed by atoms with Gasteiger partial charge in [-0.05, 0) is 23.1 Å². The topological polar surface area (TPSA) is 79.7 Å². The van der Waals surface area contributed by atoms with E-state index in [1.165, 1.54) is 8.87 Å². The number of piperazine rings is 1. The molecule has 1 fully saturated rings. The van der Waals surface area contributed by atoms with Gasteiger partial charge in [0, 0.05) is 37.8 Å². The summed E-state index contributed by atoms with van der Waals surface area (Å²) in [6, 6.07) is 18.1. The minimum Gasteiger partial charge on any atom is -0.339 e. The van der Waals surface area contributed by atoms with Crippen LogP contribution in [0.2, 0.25) is 0 Å². The Balaban J connectivity index is 1.39. The zero-order chi connectivity index (χ0) is 21.1. The van der Waals surface area contributed by atoms with Gasteiger partial charge in [0.2, 0.25) is 15.9 Å². The SMILES string of the molecule is O=C(Cn1ccc2ccccc2c1=O)N1CCN(S(=O)(=O)Cc2ccccc2)CC1. The van der Waals surface area contributed by atoms with Crippen molar-refractivity contribution in [2.24, 2.45) is 0 Å². The maximum absolute atomic E-state index is 12.7. The highest BCUT2D eigenvalue weighted by Gasteiger charge is 2.29. The number of sulfonamides is 1. The zero-order valence-corrected chi connectivity index (χ0v) is 17.3. The van der Waals surface area contributed by atoms with E-state index in [1.54, 1.807) is 35.4 Å². The molecule has 1 amide bonds. The Hall–Kier alpha value is -2.97. The Morgan fingerprint density at radius 2 is 1.53 bits per heavy atom. The summed E-state index contributed by atoms with van der Waals surface area (Å²) in [4.78, 5) is 26.9. The number of carbonyl (C=O) groups excluding carboxylic acids is 1. The summed E-state index contributed by atoms with van der Waals surface area (Å²) in [6.07, 6.45) is 1.63.